The van der Waals surface area contributed by atoms with Gasteiger partial charge in [-0.25, -0.2) is 14.2 Å². The number of nitrogen functional groups attached to an aromatic ring is 1. The Hall–Kier alpha value is -3.47. The molecule has 2 heterocycles. The second-order valence-electron chi connectivity index (χ2n) is 4.47. The first-order valence-corrected chi connectivity index (χ1v) is 6.13. The van der Waals surface area contributed by atoms with E-state index in [0.717, 1.165) is 0 Å². The normalized spacial score (nSPS) is 10.5. The quantitative estimate of drug-likeness (QED) is 0.614. The number of benzene rings is 1. The van der Waals surface area contributed by atoms with Gasteiger partial charge in [-0.1, -0.05) is 18.2 Å². The van der Waals surface area contributed by atoms with Crippen molar-refractivity contribution in [2.75, 3.05) is 5.73 Å². The molecule has 0 spiro atoms. The summed E-state index contributed by atoms with van der Waals surface area (Å²) in [6.45, 7) is 0. The third kappa shape index (κ3) is 1.92. The van der Waals surface area contributed by atoms with Crippen LogP contribution >= 0.6 is 0 Å². The fourth-order valence-corrected chi connectivity index (χ4v) is 2.27. The molecule has 1 aromatic carbocycles. The van der Waals surface area contributed by atoms with Crippen LogP contribution in [0.15, 0.2) is 33.9 Å². The third-order valence-corrected chi connectivity index (χ3v) is 3.17. The van der Waals surface area contributed by atoms with Crippen LogP contribution in [0.25, 0.3) is 22.2 Å². The zero-order valence-corrected chi connectivity index (χ0v) is 11.0. The van der Waals surface area contributed by atoms with Gasteiger partial charge in [0.25, 0.3) is 5.56 Å². The van der Waals surface area contributed by atoms with Crippen molar-refractivity contribution >= 4 is 16.9 Å². The fourth-order valence-electron chi connectivity index (χ4n) is 2.27. The first kappa shape index (κ1) is 13.5. The Morgan fingerprint density at radius 2 is 1.95 bits per heavy atom. The summed E-state index contributed by atoms with van der Waals surface area (Å²) in [5.74, 6) is -0.828. The van der Waals surface area contributed by atoms with Gasteiger partial charge in [-0.05, 0) is 6.07 Å². The van der Waals surface area contributed by atoms with Gasteiger partial charge < -0.3 is 5.73 Å². The van der Waals surface area contributed by atoms with Crippen LogP contribution in [0.4, 0.5) is 10.2 Å². The zero-order chi connectivity index (χ0) is 15.9. The summed E-state index contributed by atoms with van der Waals surface area (Å²) in [6.07, 6.45) is 0. The van der Waals surface area contributed by atoms with Gasteiger partial charge in [0, 0.05) is 11.1 Å². The third-order valence-electron chi connectivity index (χ3n) is 3.17. The number of hydrogen-bond donors (Lipinski definition) is 3. The number of fused-ring (bicyclic) bond motifs is 1. The summed E-state index contributed by atoms with van der Waals surface area (Å²) in [5, 5.41) is 9.18. The SMILES string of the molecule is N#Cc1c(N)nc2[nH]c(=O)[nH]c(=O)c2c1-c1ccccc1F. The van der Waals surface area contributed by atoms with Crippen molar-refractivity contribution in [1.29, 1.82) is 5.26 Å². The summed E-state index contributed by atoms with van der Waals surface area (Å²) in [7, 11) is 0. The molecule has 0 amide bonds. The minimum Gasteiger partial charge on any atom is -0.383 e. The van der Waals surface area contributed by atoms with E-state index in [9.17, 15) is 19.2 Å². The van der Waals surface area contributed by atoms with E-state index in [2.05, 4.69) is 9.97 Å². The molecule has 0 bridgehead atoms. The molecule has 108 valence electrons. The van der Waals surface area contributed by atoms with Crippen LogP contribution in [0.5, 0.6) is 0 Å². The molecule has 4 N–H and O–H groups in total. The number of nitrogens with two attached hydrogens (primary N) is 1. The van der Waals surface area contributed by atoms with E-state index < -0.39 is 17.1 Å². The molecule has 0 saturated heterocycles. The molecule has 0 radical (unpaired) electrons. The molecular formula is C14H8FN5O2. The standard InChI is InChI=1S/C14H8FN5O2/c15-8-4-2-1-3-6(8)9-7(5-16)11(17)18-12-10(9)13(21)20-14(22)19-12/h1-4H,(H4,17,18,19,20,21,22). The molecule has 7 nitrogen and oxygen atoms in total. The Morgan fingerprint density at radius 3 is 2.64 bits per heavy atom. The van der Waals surface area contributed by atoms with Gasteiger partial charge >= 0.3 is 5.69 Å². The van der Waals surface area contributed by atoms with Crippen LogP contribution in [0, 0.1) is 17.1 Å². The Bertz CT molecular complexity index is 1060. The van der Waals surface area contributed by atoms with Crippen molar-refractivity contribution in [1.82, 2.24) is 15.0 Å². The largest absolute Gasteiger partial charge is 0.383 e. The maximum atomic E-state index is 14.1. The van der Waals surface area contributed by atoms with Crippen LogP contribution in [-0.4, -0.2) is 15.0 Å². The molecule has 22 heavy (non-hydrogen) atoms. The van der Waals surface area contributed by atoms with E-state index >= 15 is 0 Å². The summed E-state index contributed by atoms with van der Waals surface area (Å²) < 4.78 is 14.1. The topological polar surface area (TPSA) is 128 Å². The van der Waals surface area contributed by atoms with Crippen molar-refractivity contribution in [2.45, 2.75) is 0 Å². The Morgan fingerprint density at radius 1 is 1.23 bits per heavy atom. The van der Waals surface area contributed by atoms with Crippen molar-refractivity contribution < 1.29 is 4.39 Å². The van der Waals surface area contributed by atoms with Gasteiger partial charge in [-0.3, -0.25) is 14.8 Å². The Balaban J connectivity index is 2.63. The number of aromatic nitrogens is 3. The predicted molar refractivity (Wildman–Crippen MR) is 77.5 cm³/mol. The molecule has 0 saturated carbocycles. The molecule has 3 aromatic rings. The number of nitrogens with zero attached hydrogens (tertiary/aromatic N) is 2. The lowest BCUT2D eigenvalue weighted by Crippen LogP contribution is -2.23. The molecular weight excluding hydrogens is 289 g/mol. The second-order valence-corrected chi connectivity index (χ2v) is 4.47. The van der Waals surface area contributed by atoms with E-state index in [0.29, 0.717) is 0 Å². The highest BCUT2D eigenvalue weighted by atomic mass is 19.1. The number of pyridine rings is 1. The average Bonchev–Trinajstić information content (AvgIpc) is 2.46. The predicted octanol–water partition coefficient (Wildman–Crippen LogP) is 0.871. The maximum Gasteiger partial charge on any atom is 0.327 e. The van der Waals surface area contributed by atoms with Crippen molar-refractivity contribution in [3.05, 3.63) is 56.5 Å². The Labute approximate surface area is 121 Å². The lowest BCUT2D eigenvalue weighted by atomic mass is 9.97. The van der Waals surface area contributed by atoms with Crippen LogP contribution in [0.2, 0.25) is 0 Å². The van der Waals surface area contributed by atoms with Crippen LogP contribution in [-0.2, 0) is 0 Å². The van der Waals surface area contributed by atoms with Gasteiger partial charge in [-0.15, -0.1) is 0 Å². The van der Waals surface area contributed by atoms with E-state index in [1.165, 1.54) is 18.2 Å². The second kappa shape index (κ2) is 4.82. The number of hydrogen-bond acceptors (Lipinski definition) is 5. The highest BCUT2D eigenvalue weighted by Crippen LogP contribution is 2.32. The summed E-state index contributed by atoms with van der Waals surface area (Å²) in [4.78, 5) is 31.6. The number of rotatable bonds is 1. The first-order chi connectivity index (χ1) is 10.5. The van der Waals surface area contributed by atoms with Crippen molar-refractivity contribution in [3.63, 3.8) is 0 Å². The van der Waals surface area contributed by atoms with Crippen molar-refractivity contribution in [3.8, 4) is 17.2 Å². The molecule has 0 aliphatic rings. The van der Waals surface area contributed by atoms with Gasteiger partial charge in [-0.2, -0.15) is 5.26 Å². The van der Waals surface area contributed by atoms with Gasteiger partial charge in [0.1, 0.15) is 28.9 Å². The molecule has 0 aliphatic carbocycles. The summed E-state index contributed by atoms with van der Waals surface area (Å²) in [5.41, 5.74) is 3.94. The highest BCUT2D eigenvalue weighted by molar-refractivity contribution is 5.97. The average molecular weight is 297 g/mol. The lowest BCUT2D eigenvalue weighted by Gasteiger charge is -2.10. The monoisotopic (exact) mass is 297 g/mol. The molecule has 0 fully saturated rings. The minimum atomic E-state index is -0.777. The van der Waals surface area contributed by atoms with Gasteiger partial charge in [0.2, 0.25) is 0 Å². The number of halogens is 1. The van der Waals surface area contributed by atoms with E-state index in [1.54, 1.807) is 6.07 Å². The minimum absolute atomic E-state index is 0.000556. The molecule has 8 heteroatoms. The van der Waals surface area contributed by atoms with E-state index in [4.69, 9.17) is 5.73 Å². The van der Waals surface area contributed by atoms with Crippen LogP contribution in [0.1, 0.15) is 5.56 Å². The van der Waals surface area contributed by atoms with Crippen LogP contribution in [0.3, 0.4) is 0 Å². The van der Waals surface area contributed by atoms with Crippen LogP contribution < -0.4 is 17.0 Å². The number of aromatic amines is 2. The molecule has 0 unspecified atom stereocenters. The lowest BCUT2D eigenvalue weighted by molar-refractivity contribution is 0.631. The first-order valence-electron chi connectivity index (χ1n) is 6.13. The van der Waals surface area contributed by atoms with E-state index in [1.807, 2.05) is 11.1 Å². The van der Waals surface area contributed by atoms with Gasteiger partial charge in [0.05, 0.1) is 5.39 Å². The number of nitrogens with one attached hydrogen (secondary N) is 2. The number of H-pyrrole nitrogens is 2. The number of nitriles is 1. The highest BCUT2D eigenvalue weighted by Gasteiger charge is 2.20. The zero-order valence-electron chi connectivity index (χ0n) is 11.0. The Kier molecular flexibility index (Phi) is 2.96. The maximum absolute atomic E-state index is 14.1. The summed E-state index contributed by atoms with van der Waals surface area (Å²) in [6, 6.07) is 7.46. The van der Waals surface area contributed by atoms with Gasteiger partial charge in [0.15, 0.2) is 0 Å². The number of anilines is 1. The molecule has 3 rings (SSSR count). The smallest absolute Gasteiger partial charge is 0.327 e. The van der Waals surface area contributed by atoms with Crippen molar-refractivity contribution in [2.24, 2.45) is 0 Å². The fraction of sp³-hybridized carbons (Fsp3) is 0. The van der Waals surface area contributed by atoms with E-state index in [-0.39, 0.29) is 33.5 Å². The molecule has 0 atom stereocenters. The molecule has 0 aliphatic heterocycles. The molecule has 2 aromatic heterocycles. The summed E-state index contributed by atoms with van der Waals surface area (Å²) >= 11 is 0.